The highest BCUT2D eigenvalue weighted by Gasteiger charge is 2.07. The molecule has 0 saturated heterocycles. The summed E-state index contributed by atoms with van der Waals surface area (Å²) in [7, 11) is 0. The van der Waals surface area contributed by atoms with E-state index in [2.05, 4.69) is 10.4 Å². The highest BCUT2D eigenvalue weighted by atomic mass is 19.1. The molecule has 0 saturated carbocycles. The number of aliphatic hydroxyl groups is 1. The van der Waals surface area contributed by atoms with Crippen molar-refractivity contribution in [3.05, 3.63) is 59.9 Å². The van der Waals surface area contributed by atoms with Crippen LogP contribution in [0.5, 0.6) is 0 Å². The third-order valence-electron chi connectivity index (χ3n) is 2.88. The Hall–Kier alpha value is -2.56. The lowest BCUT2D eigenvalue weighted by Crippen LogP contribution is -2.37. The molecule has 0 aromatic heterocycles. The maximum absolute atomic E-state index is 13.1. The van der Waals surface area contributed by atoms with E-state index in [1.165, 1.54) is 18.3 Å². The van der Waals surface area contributed by atoms with Crippen LogP contribution < -0.4 is 5.43 Å². The third kappa shape index (κ3) is 2.49. The number of aliphatic imine (C=N–C) groups is 1. The summed E-state index contributed by atoms with van der Waals surface area (Å²) in [6, 6.07) is 10.5. The van der Waals surface area contributed by atoms with E-state index in [0.29, 0.717) is 6.54 Å². The molecule has 2 N–H and O–H groups in total. The number of nitrogens with one attached hydrogen (secondary N) is 1. The molecule has 96 valence electrons. The number of nitrogens with zero attached hydrogens (tertiary/aromatic N) is 2. The van der Waals surface area contributed by atoms with Gasteiger partial charge in [0.05, 0.1) is 12.7 Å². The molecule has 1 heterocycles. The van der Waals surface area contributed by atoms with E-state index < -0.39 is 0 Å². The molecule has 5 heteroatoms. The first kappa shape index (κ1) is 11.5. The Kier molecular flexibility index (Phi) is 2.79. The Morgan fingerprint density at radius 3 is 2.79 bits per heavy atom. The molecule has 0 fully saturated rings. The van der Waals surface area contributed by atoms with Gasteiger partial charge in [0.25, 0.3) is 0 Å². The van der Waals surface area contributed by atoms with Gasteiger partial charge in [0, 0.05) is 0 Å². The maximum Gasteiger partial charge on any atom is 0.222 e. The molecular weight excluding hydrogens is 245 g/mol. The summed E-state index contributed by atoms with van der Waals surface area (Å²) in [5.41, 5.74) is 3.80. The number of halogens is 1. The lowest BCUT2D eigenvalue weighted by Gasteiger charge is -2.22. The highest BCUT2D eigenvalue weighted by molar-refractivity contribution is 5.83. The van der Waals surface area contributed by atoms with E-state index in [1.807, 2.05) is 18.2 Å². The summed E-state index contributed by atoms with van der Waals surface area (Å²) in [6.45, 7) is 0.550. The van der Waals surface area contributed by atoms with Gasteiger partial charge in [-0.05, 0) is 34.5 Å². The topological polar surface area (TPSA) is 47.9 Å². The first-order chi connectivity index (χ1) is 9.20. The van der Waals surface area contributed by atoms with Gasteiger partial charge < -0.3 is 5.11 Å². The molecule has 3 rings (SSSR count). The zero-order chi connectivity index (χ0) is 13.2. The van der Waals surface area contributed by atoms with Crippen molar-refractivity contribution in [2.75, 3.05) is 0 Å². The predicted octanol–water partition coefficient (Wildman–Crippen LogP) is 2.68. The Morgan fingerprint density at radius 1 is 1.16 bits per heavy atom. The molecule has 1 aliphatic heterocycles. The Balaban J connectivity index is 1.84. The van der Waals surface area contributed by atoms with Crippen molar-refractivity contribution in [1.29, 1.82) is 0 Å². The molecule has 0 aliphatic carbocycles. The molecule has 0 atom stereocenters. The molecule has 19 heavy (non-hydrogen) atoms. The van der Waals surface area contributed by atoms with Crippen LogP contribution in [-0.2, 0) is 6.54 Å². The molecule has 2 aromatic carbocycles. The van der Waals surface area contributed by atoms with Crippen molar-refractivity contribution < 1.29 is 9.50 Å². The second-order valence-corrected chi connectivity index (χ2v) is 4.34. The average molecular weight is 257 g/mol. The largest absolute Gasteiger partial charge is 0.493 e. The van der Waals surface area contributed by atoms with Crippen LogP contribution in [0.1, 0.15) is 5.56 Å². The van der Waals surface area contributed by atoms with E-state index in [0.717, 1.165) is 16.3 Å². The Bertz CT molecular complexity index is 681. The zero-order valence-corrected chi connectivity index (χ0v) is 10.0. The number of rotatable bonds is 2. The number of benzene rings is 2. The minimum absolute atomic E-state index is 0.00496. The number of hydrogen-bond donors (Lipinski definition) is 2. The van der Waals surface area contributed by atoms with Crippen molar-refractivity contribution in [1.82, 2.24) is 10.4 Å². The number of aliphatic hydroxyl groups excluding tert-OH is 1. The smallest absolute Gasteiger partial charge is 0.222 e. The first-order valence-corrected chi connectivity index (χ1v) is 5.85. The summed E-state index contributed by atoms with van der Waals surface area (Å²) in [6.07, 6.45) is 2.92. The molecule has 0 spiro atoms. The fourth-order valence-electron chi connectivity index (χ4n) is 2.03. The second-order valence-electron chi connectivity index (χ2n) is 4.34. The number of hydrazine groups is 1. The predicted molar refractivity (Wildman–Crippen MR) is 71.8 cm³/mol. The molecule has 4 nitrogen and oxygen atoms in total. The van der Waals surface area contributed by atoms with Gasteiger partial charge >= 0.3 is 0 Å². The monoisotopic (exact) mass is 257 g/mol. The van der Waals surface area contributed by atoms with Gasteiger partial charge in [-0.2, -0.15) is 0 Å². The van der Waals surface area contributed by atoms with Gasteiger partial charge in [0.1, 0.15) is 12.2 Å². The molecule has 0 amide bonds. The standard InChI is InChI=1S/C14H12FN3O/c15-13-4-3-11-5-10(1-2-12(11)6-13)8-18-9-16-7-14(19)17-18/h1-7,9,17,19H,8H2. The minimum Gasteiger partial charge on any atom is -0.493 e. The number of hydrogen-bond acceptors (Lipinski definition) is 4. The van der Waals surface area contributed by atoms with Gasteiger partial charge in [-0.25, -0.2) is 9.38 Å². The van der Waals surface area contributed by atoms with Gasteiger partial charge in [-0.1, -0.05) is 18.2 Å². The van der Waals surface area contributed by atoms with E-state index in [-0.39, 0.29) is 11.7 Å². The highest BCUT2D eigenvalue weighted by Crippen LogP contribution is 2.18. The average Bonchev–Trinajstić information content (AvgIpc) is 2.39. The summed E-state index contributed by atoms with van der Waals surface area (Å²) < 4.78 is 13.1. The van der Waals surface area contributed by atoms with E-state index in [4.69, 9.17) is 0 Å². The van der Waals surface area contributed by atoms with Crippen LogP contribution in [0.4, 0.5) is 4.39 Å². The fraction of sp³-hybridized carbons (Fsp3) is 0.0714. The van der Waals surface area contributed by atoms with E-state index in [1.54, 1.807) is 17.4 Å². The molecular formula is C14H12FN3O. The minimum atomic E-state index is -0.236. The molecule has 0 bridgehead atoms. The van der Waals surface area contributed by atoms with Crippen molar-refractivity contribution >= 4 is 17.1 Å². The SMILES string of the molecule is OC1=CN=CN(Cc2ccc3cc(F)ccc3c2)N1. The van der Waals surface area contributed by atoms with Crippen LogP contribution in [0.15, 0.2) is 53.5 Å². The molecule has 2 aromatic rings. The summed E-state index contributed by atoms with van der Waals surface area (Å²) in [5.74, 6) is -0.231. The molecule has 1 aliphatic rings. The van der Waals surface area contributed by atoms with Gasteiger partial charge in [0.15, 0.2) is 0 Å². The normalized spacial score (nSPS) is 14.4. The van der Waals surface area contributed by atoms with Crippen LogP contribution >= 0.6 is 0 Å². The van der Waals surface area contributed by atoms with Crippen LogP contribution in [0, 0.1) is 5.82 Å². The third-order valence-corrected chi connectivity index (χ3v) is 2.88. The number of fused-ring (bicyclic) bond motifs is 1. The first-order valence-electron chi connectivity index (χ1n) is 5.85. The lowest BCUT2D eigenvalue weighted by atomic mass is 10.1. The van der Waals surface area contributed by atoms with Crippen LogP contribution in [0.2, 0.25) is 0 Å². The fourth-order valence-corrected chi connectivity index (χ4v) is 2.03. The summed E-state index contributed by atoms with van der Waals surface area (Å²) in [5, 5.41) is 12.8. The van der Waals surface area contributed by atoms with Crippen molar-refractivity contribution in [3.63, 3.8) is 0 Å². The Labute approximate surface area is 109 Å². The maximum atomic E-state index is 13.1. The zero-order valence-electron chi connectivity index (χ0n) is 10.0. The molecule has 0 radical (unpaired) electrons. The van der Waals surface area contributed by atoms with Crippen molar-refractivity contribution in [2.24, 2.45) is 4.99 Å². The second kappa shape index (κ2) is 4.61. The van der Waals surface area contributed by atoms with E-state index in [9.17, 15) is 9.50 Å². The summed E-state index contributed by atoms with van der Waals surface area (Å²) in [4.78, 5) is 3.89. The van der Waals surface area contributed by atoms with Crippen molar-refractivity contribution in [2.45, 2.75) is 6.54 Å². The van der Waals surface area contributed by atoms with Crippen molar-refractivity contribution in [3.8, 4) is 0 Å². The van der Waals surface area contributed by atoms with Crippen LogP contribution in [0.3, 0.4) is 0 Å². The molecule has 0 unspecified atom stereocenters. The van der Waals surface area contributed by atoms with Gasteiger partial charge in [-0.15, -0.1) is 0 Å². The summed E-state index contributed by atoms with van der Waals surface area (Å²) >= 11 is 0. The van der Waals surface area contributed by atoms with E-state index >= 15 is 0 Å². The van der Waals surface area contributed by atoms with Gasteiger partial charge in [-0.3, -0.25) is 10.4 Å². The quantitative estimate of drug-likeness (QED) is 0.869. The van der Waals surface area contributed by atoms with Crippen LogP contribution in [0.25, 0.3) is 10.8 Å². The van der Waals surface area contributed by atoms with Gasteiger partial charge in [0.2, 0.25) is 5.88 Å². The Morgan fingerprint density at radius 2 is 1.95 bits per heavy atom. The van der Waals surface area contributed by atoms with Crippen LogP contribution in [-0.4, -0.2) is 16.5 Å². The lowest BCUT2D eigenvalue weighted by molar-refractivity contribution is 0.241.